The molecule has 0 bridgehead atoms. The molecule has 0 atom stereocenters. The summed E-state index contributed by atoms with van der Waals surface area (Å²) in [6.07, 6.45) is 0. The van der Waals surface area contributed by atoms with Crippen LogP contribution in [0.3, 0.4) is 0 Å². The highest BCUT2D eigenvalue weighted by atomic mass is 32.2. The second kappa shape index (κ2) is 35.5. The molecule has 22 nitrogen and oxygen atoms in total. The topological polar surface area (TPSA) is 259 Å². The van der Waals surface area contributed by atoms with Crippen molar-refractivity contribution in [1.82, 2.24) is 25.3 Å². The maximum absolute atomic E-state index is 14.1. The number of aromatic hydroxyl groups is 3. The molecule has 116 heavy (non-hydrogen) atoms. The van der Waals surface area contributed by atoms with Crippen molar-refractivity contribution in [2.24, 2.45) is 0 Å². The van der Waals surface area contributed by atoms with E-state index in [1.165, 1.54) is 32.5 Å². The SMILES string of the molecule is CNC(=O)c1cc(N(C)C)ccc1-c1[nH]c(-c2cc(C)c(O)c(C)c2)nc1-c1ccc(N(C)C)cc1.COc1cc(-c2nc(-c3ccc(N(C)C)cc3NC(C)=O)c(-c3ccc(N(C)C)cc3)o2)cc(OC)c1O.Cc1cc(-c2nc(-c3ccc(N(C)C)cc3S(=O)(=O)Cc3ccccc3)c(-c3ccc(N(C)C)cc3)s2)cc(C)c1O. The van der Waals surface area contributed by atoms with Crippen molar-refractivity contribution in [2.75, 3.05) is 141 Å². The van der Waals surface area contributed by atoms with Crippen molar-refractivity contribution < 1.29 is 47.2 Å². The lowest BCUT2D eigenvalue weighted by Crippen LogP contribution is -2.20. The number of hydrogen-bond acceptors (Lipinski definition) is 20. The van der Waals surface area contributed by atoms with Gasteiger partial charge in [-0.15, -0.1) is 11.3 Å². The Morgan fingerprint density at radius 2 is 0.931 bits per heavy atom. The summed E-state index contributed by atoms with van der Waals surface area (Å²) in [5, 5.41) is 37.5. The van der Waals surface area contributed by atoms with Crippen LogP contribution in [0.25, 0.3) is 100 Å². The normalized spacial score (nSPS) is 11.0. The number of amides is 2. The first-order chi connectivity index (χ1) is 55.2. The first-order valence-electron chi connectivity index (χ1n) is 37.4. The van der Waals surface area contributed by atoms with E-state index in [1.807, 2.05) is 281 Å². The Balaban J connectivity index is 0.000000172. The summed E-state index contributed by atoms with van der Waals surface area (Å²) in [5.41, 5.74) is 20.5. The second-order valence-electron chi connectivity index (χ2n) is 29.5. The van der Waals surface area contributed by atoms with Crippen LogP contribution in [0.2, 0.25) is 0 Å². The number of H-pyrrole nitrogens is 1. The van der Waals surface area contributed by atoms with E-state index in [0.717, 1.165) is 117 Å². The number of carbonyl (C=O) groups excluding carboxylic acids is 2. The molecule has 0 saturated carbocycles. The average Bonchev–Trinajstić information content (AvgIpc) is 1.50. The van der Waals surface area contributed by atoms with E-state index in [4.69, 9.17) is 28.8 Å². The molecule has 0 aliphatic heterocycles. The zero-order valence-corrected chi connectivity index (χ0v) is 70.9. The van der Waals surface area contributed by atoms with Crippen molar-refractivity contribution >= 4 is 72.8 Å². The molecule has 0 unspecified atom stereocenters. The van der Waals surface area contributed by atoms with Crippen molar-refractivity contribution in [2.45, 2.75) is 45.3 Å². The molecule has 10 aromatic carbocycles. The predicted octanol–water partition coefficient (Wildman–Crippen LogP) is 18.3. The summed E-state index contributed by atoms with van der Waals surface area (Å²) in [5.74, 6) is 1.91. The van der Waals surface area contributed by atoms with E-state index < -0.39 is 9.84 Å². The Morgan fingerprint density at radius 1 is 0.474 bits per heavy atom. The molecule has 2 amide bonds. The van der Waals surface area contributed by atoms with Crippen LogP contribution in [0.1, 0.15) is 45.1 Å². The van der Waals surface area contributed by atoms with Crippen LogP contribution in [0.5, 0.6) is 28.7 Å². The van der Waals surface area contributed by atoms with E-state index in [1.54, 1.807) is 25.2 Å². The van der Waals surface area contributed by atoms with Gasteiger partial charge in [0, 0.05) is 177 Å². The van der Waals surface area contributed by atoms with E-state index in [0.29, 0.717) is 56.8 Å². The number of oxazole rings is 1. The molecule has 3 aromatic heterocycles. The Bertz CT molecular complexity index is 5780. The number of hydrogen-bond donors (Lipinski definition) is 6. The van der Waals surface area contributed by atoms with E-state index in [9.17, 15) is 33.3 Å². The van der Waals surface area contributed by atoms with E-state index in [-0.39, 0.29) is 51.2 Å². The maximum Gasteiger partial charge on any atom is 0.251 e. The second-order valence-corrected chi connectivity index (χ2v) is 32.5. The number of rotatable bonds is 22. The number of thiazole rings is 1. The van der Waals surface area contributed by atoms with Gasteiger partial charge in [-0.2, -0.15) is 0 Å². The van der Waals surface area contributed by atoms with Gasteiger partial charge in [0.15, 0.2) is 27.1 Å². The molecule has 0 aliphatic carbocycles. The highest BCUT2D eigenvalue weighted by Crippen LogP contribution is 2.48. The van der Waals surface area contributed by atoms with Crippen LogP contribution in [0.4, 0.5) is 39.8 Å². The fourth-order valence-corrected chi connectivity index (χ4v) is 15.9. The maximum atomic E-state index is 14.1. The highest BCUT2D eigenvalue weighted by Gasteiger charge is 2.29. The quantitative estimate of drug-likeness (QED) is 0.0368. The van der Waals surface area contributed by atoms with Gasteiger partial charge in [-0.1, -0.05) is 54.6 Å². The molecular formula is C92H100N12O10S2. The first kappa shape index (κ1) is 83.9. The molecule has 0 spiro atoms. The minimum atomic E-state index is -3.74. The number of sulfone groups is 1. The van der Waals surface area contributed by atoms with Crippen LogP contribution < -0.4 is 49.5 Å². The van der Waals surface area contributed by atoms with Crippen molar-refractivity contribution in [3.8, 4) is 129 Å². The molecule has 0 fully saturated rings. The molecule has 600 valence electrons. The van der Waals surface area contributed by atoms with Crippen LogP contribution in [0.15, 0.2) is 203 Å². The summed E-state index contributed by atoms with van der Waals surface area (Å²) in [6, 6.07) is 61.7. The lowest BCUT2D eigenvalue weighted by Gasteiger charge is -2.17. The number of ether oxygens (including phenoxy) is 2. The summed E-state index contributed by atoms with van der Waals surface area (Å²) < 4.78 is 45.2. The van der Waals surface area contributed by atoms with Crippen LogP contribution in [-0.2, 0) is 20.4 Å². The number of nitrogens with zero attached hydrogens (tertiary/aromatic N) is 9. The Labute approximate surface area is 683 Å². The summed E-state index contributed by atoms with van der Waals surface area (Å²) >= 11 is 1.52. The third-order valence-electron chi connectivity index (χ3n) is 19.8. The van der Waals surface area contributed by atoms with Crippen molar-refractivity contribution in [1.29, 1.82) is 0 Å². The minimum Gasteiger partial charge on any atom is -0.507 e. The third-order valence-corrected chi connectivity index (χ3v) is 22.6. The molecule has 13 aromatic rings. The highest BCUT2D eigenvalue weighted by molar-refractivity contribution is 7.90. The number of benzene rings is 10. The Hall–Kier alpha value is -13.1. The summed E-state index contributed by atoms with van der Waals surface area (Å²) in [4.78, 5) is 56.6. The number of methoxy groups -OCH3 is 2. The Morgan fingerprint density at radius 3 is 1.42 bits per heavy atom. The van der Waals surface area contributed by atoms with Gasteiger partial charge in [0.05, 0.1) is 58.1 Å². The molecule has 6 N–H and O–H groups in total. The fraction of sp³-hybridized carbons (Fsp3) is 0.228. The van der Waals surface area contributed by atoms with Crippen LogP contribution in [-0.4, -0.2) is 161 Å². The van der Waals surface area contributed by atoms with Gasteiger partial charge >= 0.3 is 0 Å². The lowest BCUT2D eigenvalue weighted by atomic mass is 9.98. The fourth-order valence-electron chi connectivity index (χ4n) is 13.3. The molecule has 3 heterocycles. The van der Waals surface area contributed by atoms with Crippen molar-refractivity contribution in [3.63, 3.8) is 0 Å². The predicted molar refractivity (Wildman–Crippen MR) is 474 cm³/mol. The molecule has 0 aliphatic rings. The standard InChI is InChI=1S/C34H35N3O3S2.C29H33N5O2.C29H32N4O5/c1-22-18-26(19-23(2)32(22)38)34-35-31(33(41-34)25-12-14-27(15-13-25)36(3)4)29-17-16-28(37(5)6)20-30(29)42(39,40)21-24-10-8-7-9-11-24;1-17-14-20(15-18(2)27(17)35)28-31-25(19-8-10-21(11-9-19)33(4)5)26(32-28)23-13-12-22(34(6)7)16-24(23)29(36)30-3;1-17(34)30-23-16-21(33(4)5)12-13-22(23)26-28(18-8-10-20(11-9-18)32(2)3)38-29(31-26)19-14-24(36-6)27(35)25(15-19)37-7/h7-20,38H,21H2,1-6H3;8-16,35H,1-7H3,(H,30,36)(H,31,32);8-16,35H,1-7H3,(H,30,34). The number of aryl methyl sites for hydroxylation is 4. The van der Waals surface area contributed by atoms with E-state index in [2.05, 4.69) is 52.0 Å². The zero-order valence-electron chi connectivity index (χ0n) is 69.2. The smallest absolute Gasteiger partial charge is 0.251 e. The molecule has 0 radical (unpaired) electrons. The van der Waals surface area contributed by atoms with Gasteiger partial charge in [-0.05, 0) is 201 Å². The number of carbonyl (C=O) groups is 2. The van der Waals surface area contributed by atoms with Gasteiger partial charge in [-0.3, -0.25) is 9.59 Å². The lowest BCUT2D eigenvalue weighted by molar-refractivity contribution is -0.114. The van der Waals surface area contributed by atoms with Gasteiger partial charge in [-0.25, -0.2) is 23.4 Å². The number of aromatic amines is 1. The third kappa shape index (κ3) is 18.6. The van der Waals surface area contributed by atoms with Gasteiger partial charge in [0.1, 0.15) is 28.0 Å². The van der Waals surface area contributed by atoms with E-state index >= 15 is 0 Å². The number of anilines is 7. The number of phenolic OH excluding ortho intramolecular Hbond substituents is 3. The van der Waals surface area contributed by atoms with Crippen LogP contribution >= 0.6 is 11.3 Å². The molecular weight excluding hydrogens is 1500 g/mol. The van der Waals surface area contributed by atoms with Crippen molar-refractivity contribution in [3.05, 3.63) is 228 Å². The number of imidazole rings is 1. The summed E-state index contributed by atoms with van der Waals surface area (Å²) in [7, 11) is 24.3. The largest absolute Gasteiger partial charge is 0.507 e. The molecule has 0 saturated heterocycles. The van der Waals surface area contributed by atoms with Crippen LogP contribution in [0, 0.1) is 27.7 Å². The zero-order chi connectivity index (χ0) is 83.9. The number of nitrogens with one attached hydrogen (secondary N) is 3. The molecule has 24 heteroatoms. The van der Waals surface area contributed by atoms with Gasteiger partial charge in [0.2, 0.25) is 17.5 Å². The monoisotopic (exact) mass is 1600 g/mol. The number of aromatic nitrogens is 4. The number of phenols is 3. The Kier molecular flexibility index (Phi) is 25.7. The van der Waals surface area contributed by atoms with Gasteiger partial charge in [0.25, 0.3) is 5.91 Å². The average molecular weight is 1600 g/mol. The summed E-state index contributed by atoms with van der Waals surface area (Å²) in [6.45, 7) is 8.96. The molecule has 13 rings (SSSR count). The minimum absolute atomic E-state index is 0.113. The first-order valence-corrected chi connectivity index (χ1v) is 39.9. The van der Waals surface area contributed by atoms with Gasteiger partial charge < -0.3 is 74.2 Å².